The van der Waals surface area contributed by atoms with Crippen LogP contribution in [-0.2, 0) is 0 Å². The molecule has 0 radical (unpaired) electrons. The maximum absolute atomic E-state index is 12.4. The van der Waals surface area contributed by atoms with Crippen molar-refractivity contribution in [2.75, 3.05) is 37.7 Å². The molecule has 1 unspecified atom stereocenters. The lowest BCUT2D eigenvalue weighted by Gasteiger charge is -2.32. The van der Waals surface area contributed by atoms with Gasteiger partial charge in [0.2, 0.25) is 0 Å². The third-order valence-electron chi connectivity index (χ3n) is 3.13. The van der Waals surface area contributed by atoms with Crippen LogP contribution in [-0.4, -0.2) is 54.8 Å². The van der Waals surface area contributed by atoms with Crippen molar-refractivity contribution < 1.29 is 13.2 Å². The van der Waals surface area contributed by atoms with Crippen LogP contribution >= 0.6 is 11.8 Å². The molecule has 1 atom stereocenters. The fourth-order valence-electron chi connectivity index (χ4n) is 2.18. The Labute approximate surface area is 104 Å². The van der Waals surface area contributed by atoms with Crippen molar-refractivity contribution in [3.63, 3.8) is 0 Å². The molecule has 0 aromatic rings. The molecule has 2 aliphatic heterocycles. The summed E-state index contributed by atoms with van der Waals surface area (Å²) in [5.41, 5.74) is -0.361. The van der Waals surface area contributed by atoms with Gasteiger partial charge in [0.15, 0.2) is 0 Å². The van der Waals surface area contributed by atoms with E-state index in [4.69, 9.17) is 0 Å². The summed E-state index contributed by atoms with van der Waals surface area (Å²) in [5, 5.41) is 3.40. The Hall–Kier alpha value is -0.200. The highest BCUT2D eigenvalue weighted by Crippen LogP contribution is 2.30. The first-order valence-electron chi connectivity index (χ1n) is 5.85. The molecule has 2 rings (SSSR count). The molecule has 0 aliphatic carbocycles. The minimum atomic E-state index is -4.13. The predicted molar refractivity (Wildman–Crippen MR) is 64.3 cm³/mol. The monoisotopic (exact) mass is 266 g/mol. The van der Waals surface area contributed by atoms with Crippen LogP contribution in [0.5, 0.6) is 0 Å². The average Bonchev–Trinajstić information content (AvgIpc) is 2.30. The zero-order valence-electron chi connectivity index (χ0n) is 9.59. The Balaban J connectivity index is 1.80. The van der Waals surface area contributed by atoms with Gasteiger partial charge in [0.1, 0.15) is 0 Å². The molecule has 0 aromatic carbocycles. The molecule has 1 saturated heterocycles. The fourth-order valence-corrected chi connectivity index (χ4v) is 3.12. The van der Waals surface area contributed by atoms with Crippen molar-refractivity contribution in [3.05, 3.63) is 11.6 Å². The summed E-state index contributed by atoms with van der Waals surface area (Å²) in [6.07, 6.45) is -2.67. The van der Waals surface area contributed by atoms with E-state index in [1.807, 2.05) is 11.8 Å². The van der Waals surface area contributed by atoms with E-state index < -0.39 is 6.18 Å². The van der Waals surface area contributed by atoms with Crippen molar-refractivity contribution in [2.45, 2.75) is 18.6 Å². The summed E-state index contributed by atoms with van der Waals surface area (Å²) in [7, 11) is 0. The third-order valence-corrected chi connectivity index (χ3v) is 4.27. The van der Waals surface area contributed by atoms with Gasteiger partial charge in [-0.1, -0.05) is 6.08 Å². The van der Waals surface area contributed by atoms with Gasteiger partial charge >= 0.3 is 6.18 Å². The second-order valence-corrected chi connectivity index (χ2v) is 5.61. The van der Waals surface area contributed by atoms with Crippen LogP contribution in [0.3, 0.4) is 0 Å². The predicted octanol–water partition coefficient (Wildman–Crippen LogP) is 1.89. The highest BCUT2D eigenvalue weighted by molar-refractivity contribution is 7.99. The van der Waals surface area contributed by atoms with Crippen molar-refractivity contribution in [1.82, 2.24) is 10.2 Å². The minimum Gasteiger partial charge on any atom is -0.311 e. The normalized spacial score (nSPS) is 27.9. The second kappa shape index (κ2) is 5.63. The van der Waals surface area contributed by atoms with E-state index in [2.05, 4.69) is 10.2 Å². The second-order valence-electron chi connectivity index (χ2n) is 4.46. The highest BCUT2D eigenvalue weighted by Gasteiger charge is 2.34. The lowest BCUT2D eigenvalue weighted by Crippen LogP contribution is -2.47. The Morgan fingerprint density at radius 2 is 2.29 bits per heavy atom. The van der Waals surface area contributed by atoms with E-state index >= 15 is 0 Å². The average molecular weight is 266 g/mol. The molecule has 0 saturated carbocycles. The molecule has 2 nitrogen and oxygen atoms in total. The zero-order valence-corrected chi connectivity index (χ0v) is 10.4. The van der Waals surface area contributed by atoms with E-state index in [-0.39, 0.29) is 12.0 Å². The molecule has 6 heteroatoms. The molecule has 2 aliphatic rings. The van der Waals surface area contributed by atoms with Crippen LogP contribution in [0.1, 0.15) is 6.42 Å². The number of hydrogen-bond acceptors (Lipinski definition) is 3. The largest absolute Gasteiger partial charge is 0.412 e. The molecule has 17 heavy (non-hydrogen) atoms. The number of hydrogen-bond donors (Lipinski definition) is 1. The summed E-state index contributed by atoms with van der Waals surface area (Å²) in [4.78, 5) is 2.10. The van der Waals surface area contributed by atoms with E-state index in [9.17, 15) is 13.2 Å². The van der Waals surface area contributed by atoms with Crippen LogP contribution in [0, 0.1) is 0 Å². The van der Waals surface area contributed by atoms with Crippen LogP contribution in [0.2, 0.25) is 0 Å². The molecule has 0 aromatic heterocycles. The van der Waals surface area contributed by atoms with Crippen molar-refractivity contribution in [3.8, 4) is 0 Å². The van der Waals surface area contributed by atoms with Crippen LogP contribution < -0.4 is 5.32 Å². The van der Waals surface area contributed by atoms with Crippen LogP contribution in [0.15, 0.2) is 11.6 Å². The Bertz CT molecular complexity index is 285. The van der Waals surface area contributed by atoms with Crippen LogP contribution in [0.25, 0.3) is 0 Å². The summed E-state index contributed by atoms with van der Waals surface area (Å²) in [5.74, 6) is 2.20. The molecule has 98 valence electrons. The van der Waals surface area contributed by atoms with Crippen LogP contribution in [0.4, 0.5) is 13.2 Å². The third kappa shape index (κ3) is 3.89. The van der Waals surface area contributed by atoms with Gasteiger partial charge in [-0.3, -0.25) is 4.90 Å². The van der Waals surface area contributed by atoms with E-state index in [1.165, 1.54) is 6.08 Å². The standard InChI is InChI=1S/C11H17F3N2S/c12-11(13,14)9-1-4-16(5-2-9)7-10-8-17-6-3-15-10/h1,10,15H,2-8H2. The molecular weight excluding hydrogens is 249 g/mol. The van der Waals surface area contributed by atoms with Gasteiger partial charge in [0.05, 0.1) is 0 Å². The lowest BCUT2D eigenvalue weighted by atomic mass is 10.1. The van der Waals surface area contributed by atoms with Gasteiger partial charge in [0.25, 0.3) is 0 Å². The molecule has 0 spiro atoms. The Kier molecular flexibility index (Phi) is 4.38. The van der Waals surface area contributed by atoms with Crippen molar-refractivity contribution in [1.29, 1.82) is 0 Å². The number of thioether (sulfide) groups is 1. The maximum Gasteiger partial charge on any atom is 0.412 e. The fraction of sp³-hybridized carbons (Fsp3) is 0.818. The number of alkyl halides is 3. The van der Waals surface area contributed by atoms with Gasteiger partial charge in [-0.25, -0.2) is 0 Å². The van der Waals surface area contributed by atoms with E-state index in [0.29, 0.717) is 19.1 Å². The van der Waals surface area contributed by atoms with Gasteiger partial charge in [-0.05, 0) is 6.42 Å². The first-order valence-corrected chi connectivity index (χ1v) is 7.01. The van der Waals surface area contributed by atoms with Gasteiger partial charge < -0.3 is 5.32 Å². The number of halogens is 3. The summed E-state index contributed by atoms with van der Waals surface area (Å²) < 4.78 is 37.3. The molecule has 0 bridgehead atoms. The van der Waals surface area contributed by atoms with E-state index in [0.717, 1.165) is 24.6 Å². The summed E-state index contributed by atoms with van der Waals surface area (Å²) in [6.45, 7) is 2.81. The lowest BCUT2D eigenvalue weighted by molar-refractivity contribution is -0.0960. The maximum atomic E-state index is 12.4. The molecule has 0 amide bonds. The summed E-state index contributed by atoms with van der Waals surface area (Å²) >= 11 is 1.91. The van der Waals surface area contributed by atoms with Gasteiger partial charge in [-0.15, -0.1) is 0 Å². The number of nitrogens with one attached hydrogen (secondary N) is 1. The van der Waals surface area contributed by atoms with Gasteiger partial charge in [0, 0.05) is 49.3 Å². The SMILES string of the molecule is FC(F)(F)C1=CCN(CC2CSCCN2)CC1. The smallest absolute Gasteiger partial charge is 0.311 e. The van der Waals surface area contributed by atoms with Gasteiger partial charge in [-0.2, -0.15) is 24.9 Å². The zero-order chi connectivity index (χ0) is 12.3. The molecule has 1 fully saturated rings. The number of rotatable bonds is 2. The Morgan fingerprint density at radius 3 is 2.82 bits per heavy atom. The van der Waals surface area contributed by atoms with E-state index in [1.54, 1.807) is 0 Å². The Morgan fingerprint density at radius 1 is 1.47 bits per heavy atom. The number of nitrogens with zero attached hydrogens (tertiary/aromatic N) is 1. The highest BCUT2D eigenvalue weighted by atomic mass is 32.2. The van der Waals surface area contributed by atoms with Crippen molar-refractivity contribution >= 4 is 11.8 Å². The minimum absolute atomic E-state index is 0.128. The first-order chi connectivity index (χ1) is 8.05. The first kappa shape index (κ1) is 13.2. The molecular formula is C11H17F3N2S. The van der Waals surface area contributed by atoms with Crippen molar-refractivity contribution in [2.24, 2.45) is 0 Å². The topological polar surface area (TPSA) is 15.3 Å². The summed E-state index contributed by atoms with van der Waals surface area (Å²) in [6, 6.07) is 0.426. The molecule has 1 N–H and O–H groups in total. The quantitative estimate of drug-likeness (QED) is 0.768. The molecule has 2 heterocycles.